The molecule has 2 aliphatic rings. The number of rotatable bonds is 4. The molecule has 1 aromatic heterocycles. The first kappa shape index (κ1) is 16.7. The molecule has 2 amide bonds. The van der Waals surface area contributed by atoms with Crippen molar-refractivity contribution < 1.29 is 4.79 Å². The van der Waals surface area contributed by atoms with Gasteiger partial charge in [0.1, 0.15) is 0 Å². The largest absolute Gasteiger partial charge is 0.338 e. The van der Waals surface area contributed by atoms with Crippen LogP contribution in [0.5, 0.6) is 0 Å². The van der Waals surface area contributed by atoms with Crippen molar-refractivity contribution in [3.63, 3.8) is 0 Å². The fourth-order valence-corrected chi connectivity index (χ4v) is 4.71. The predicted molar refractivity (Wildman–Crippen MR) is 93.9 cm³/mol. The van der Waals surface area contributed by atoms with E-state index < -0.39 is 0 Å². The molecule has 128 valence electrons. The van der Waals surface area contributed by atoms with Gasteiger partial charge in [-0.15, -0.1) is 11.3 Å². The Bertz CT molecular complexity index is 532. The first-order valence-electron chi connectivity index (χ1n) is 8.77. The zero-order chi connectivity index (χ0) is 16.2. The van der Waals surface area contributed by atoms with E-state index >= 15 is 0 Å². The van der Waals surface area contributed by atoms with Crippen LogP contribution in [0.15, 0.2) is 5.38 Å². The lowest BCUT2D eigenvalue weighted by Crippen LogP contribution is -2.57. The van der Waals surface area contributed by atoms with Gasteiger partial charge in [-0.05, 0) is 52.1 Å². The quantitative estimate of drug-likeness (QED) is 0.860. The Labute approximate surface area is 143 Å². The topological polar surface area (TPSA) is 48.5 Å². The summed E-state index contributed by atoms with van der Waals surface area (Å²) in [6.45, 7) is 5.93. The molecule has 5 nitrogen and oxygen atoms in total. The van der Waals surface area contributed by atoms with Gasteiger partial charge in [-0.25, -0.2) is 9.78 Å². The van der Waals surface area contributed by atoms with Gasteiger partial charge in [0, 0.05) is 43.2 Å². The lowest BCUT2D eigenvalue weighted by atomic mass is 9.84. The molecule has 0 saturated carbocycles. The third-order valence-electron chi connectivity index (χ3n) is 5.04. The summed E-state index contributed by atoms with van der Waals surface area (Å²) >= 11 is 1.71. The number of urea groups is 1. The number of nitrogens with zero attached hydrogens (tertiary/aromatic N) is 3. The van der Waals surface area contributed by atoms with E-state index in [0.29, 0.717) is 12.0 Å². The summed E-state index contributed by atoms with van der Waals surface area (Å²) in [5.74, 6) is 0.659. The number of amides is 2. The Morgan fingerprint density at radius 1 is 1.43 bits per heavy atom. The monoisotopic (exact) mass is 336 g/mol. The molecule has 6 heteroatoms. The molecule has 3 rings (SSSR count). The minimum atomic E-state index is 0.138. The number of piperidine rings is 2. The molecule has 1 aromatic rings. The van der Waals surface area contributed by atoms with E-state index in [2.05, 4.69) is 32.5 Å². The molecule has 2 aliphatic heterocycles. The molecule has 2 atom stereocenters. The van der Waals surface area contributed by atoms with Crippen molar-refractivity contribution in [1.29, 1.82) is 0 Å². The summed E-state index contributed by atoms with van der Waals surface area (Å²) in [6, 6.07) is 0.584. The summed E-state index contributed by atoms with van der Waals surface area (Å²) in [4.78, 5) is 21.5. The van der Waals surface area contributed by atoms with E-state index in [0.717, 1.165) is 57.6 Å². The minimum absolute atomic E-state index is 0.138. The molecule has 23 heavy (non-hydrogen) atoms. The second-order valence-electron chi connectivity index (χ2n) is 6.93. The average molecular weight is 337 g/mol. The van der Waals surface area contributed by atoms with Gasteiger partial charge in [-0.2, -0.15) is 0 Å². The number of aryl methyl sites for hydroxylation is 2. The predicted octanol–water partition coefficient (Wildman–Crippen LogP) is 2.51. The number of thiazole rings is 1. The number of aromatic nitrogens is 1. The maximum absolute atomic E-state index is 12.5. The maximum Gasteiger partial charge on any atom is 0.317 e. The fourth-order valence-electron chi connectivity index (χ4n) is 3.89. The van der Waals surface area contributed by atoms with Gasteiger partial charge in [0.25, 0.3) is 0 Å². The summed E-state index contributed by atoms with van der Waals surface area (Å²) in [6.07, 6.45) is 5.44. The molecule has 3 heterocycles. The van der Waals surface area contributed by atoms with Crippen LogP contribution in [-0.2, 0) is 6.42 Å². The van der Waals surface area contributed by atoms with Crippen LogP contribution in [0.1, 0.15) is 36.4 Å². The first-order chi connectivity index (χ1) is 11.1. The zero-order valence-electron chi connectivity index (χ0n) is 14.3. The molecule has 0 spiro atoms. The van der Waals surface area contributed by atoms with Crippen LogP contribution in [0, 0.1) is 12.8 Å². The second-order valence-corrected chi connectivity index (χ2v) is 7.87. The number of hydrogen-bond acceptors (Lipinski definition) is 4. The highest BCUT2D eigenvalue weighted by Crippen LogP contribution is 2.30. The van der Waals surface area contributed by atoms with Gasteiger partial charge in [0.2, 0.25) is 0 Å². The van der Waals surface area contributed by atoms with E-state index in [9.17, 15) is 4.79 Å². The van der Waals surface area contributed by atoms with Gasteiger partial charge in [0.15, 0.2) is 0 Å². The maximum atomic E-state index is 12.5. The van der Waals surface area contributed by atoms with Crippen molar-refractivity contribution in [3.8, 4) is 0 Å². The SMILES string of the molecule is Cc1csc(CCCNC(=O)N2CCC[C@H]3CN(C)CC[C@H]32)n1. The number of nitrogens with one attached hydrogen (secondary N) is 1. The highest BCUT2D eigenvalue weighted by Gasteiger charge is 2.37. The van der Waals surface area contributed by atoms with Crippen molar-refractivity contribution in [2.45, 2.75) is 45.1 Å². The van der Waals surface area contributed by atoms with Crippen LogP contribution in [-0.4, -0.2) is 60.1 Å². The lowest BCUT2D eigenvalue weighted by Gasteiger charge is -2.46. The van der Waals surface area contributed by atoms with Crippen molar-refractivity contribution in [2.75, 3.05) is 33.2 Å². The number of carbonyl (C=O) groups excluding carboxylic acids is 1. The summed E-state index contributed by atoms with van der Waals surface area (Å²) in [5, 5.41) is 6.38. The lowest BCUT2D eigenvalue weighted by molar-refractivity contribution is 0.0534. The van der Waals surface area contributed by atoms with E-state index in [4.69, 9.17) is 0 Å². The van der Waals surface area contributed by atoms with Crippen molar-refractivity contribution >= 4 is 17.4 Å². The number of hydrogen-bond donors (Lipinski definition) is 1. The van der Waals surface area contributed by atoms with Crippen LogP contribution >= 0.6 is 11.3 Å². The highest BCUT2D eigenvalue weighted by molar-refractivity contribution is 7.09. The molecule has 0 unspecified atom stereocenters. The minimum Gasteiger partial charge on any atom is -0.338 e. The number of likely N-dealkylation sites (tertiary alicyclic amines) is 2. The van der Waals surface area contributed by atoms with E-state index in [1.54, 1.807) is 11.3 Å². The van der Waals surface area contributed by atoms with Gasteiger partial charge >= 0.3 is 6.03 Å². The van der Waals surface area contributed by atoms with E-state index in [1.165, 1.54) is 11.4 Å². The third-order valence-corrected chi connectivity index (χ3v) is 6.07. The third kappa shape index (κ3) is 4.23. The van der Waals surface area contributed by atoms with Crippen LogP contribution in [0.2, 0.25) is 0 Å². The molecule has 0 aliphatic carbocycles. The number of fused-ring (bicyclic) bond motifs is 1. The van der Waals surface area contributed by atoms with Crippen molar-refractivity contribution in [1.82, 2.24) is 20.1 Å². The van der Waals surface area contributed by atoms with Gasteiger partial charge in [-0.3, -0.25) is 0 Å². The van der Waals surface area contributed by atoms with Crippen LogP contribution in [0.4, 0.5) is 4.79 Å². The summed E-state index contributed by atoms with van der Waals surface area (Å²) in [5.41, 5.74) is 1.09. The van der Waals surface area contributed by atoms with Crippen LogP contribution < -0.4 is 5.32 Å². The molecule has 0 aromatic carbocycles. The highest BCUT2D eigenvalue weighted by atomic mass is 32.1. The molecule has 2 fully saturated rings. The standard InChI is InChI=1S/C17H28N4OS/c1-13-12-23-16(19-13)6-3-8-18-17(22)21-9-4-5-14-11-20(2)10-7-15(14)21/h12,14-15H,3-11H2,1-2H3,(H,18,22)/t14-,15+/m0/s1. The van der Waals surface area contributed by atoms with Crippen LogP contribution in [0.3, 0.4) is 0 Å². The Hall–Kier alpha value is -1.14. The van der Waals surface area contributed by atoms with Crippen molar-refractivity contribution in [3.05, 3.63) is 16.1 Å². The van der Waals surface area contributed by atoms with Gasteiger partial charge in [-0.1, -0.05) is 0 Å². The molecule has 2 saturated heterocycles. The fraction of sp³-hybridized carbons (Fsp3) is 0.765. The number of carbonyl (C=O) groups is 1. The second kappa shape index (κ2) is 7.62. The Kier molecular flexibility index (Phi) is 5.54. The molecular formula is C17H28N4OS. The normalized spacial score (nSPS) is 25.2. The molecule has 1 N–H and O–H groups in total. The van der Waals surface area contributed by atoms with E-state index in [1.807, 2.05) is 6.92 Å². The Morgan fingerprint density at radius 2 is 2.30 bits per heavy atom. The van der Waals surface area contributed by atoms with Gasteiger partial charge < -0.3 is 15.1 Å². The van der Waals surface area contributed by atoms with E-state index in [-0.39, 0.29) is 6.03 Å². The molecule has 0 bridgehead atoms. The zero-order valence-corrected chi connectivity index (χ0v) is 15.1. The van der Waals surface area contributed by atoms with Crippen molar-refractivity contribution in [2.24, 2.45) is 5.92 Å². The Morgan fingerprint density at radius 3 is 3.09 bits per heavy atom. The smallest absolute Gasteiger partial charge is 0.317 e. The Balaban J connectivity index is 1.44. The van der Waals surface area contributed by atoms with Crippen LogP contribution in [0.25, 0.3) is 0 Å². The summed E-state index contributed by atoms with van der Waals surface area (Å²) < 4.78 is 0. The van der Waals surface area contributed by atoms with Gasteiger partial charge in [0.05, 0.1) is 5.01 Å². The molecule has 0 radical (unpaired) electrons. The molecular weight excluding hydrogens is 308 g/mol. The average Bonchev–Trinajstić information content (AvgIpc) is 2.96. The summed E-state index contributed by atoms with van der Waals surface area (Å²) in [7, 11) is 2.19. The first-order valence-corrected chi connectivity index (χ1v) is 9.65.